The Kier molecular flexibility index (Phi) is 3.16. The molecule has 1 aliphatic rings. The van der Waals surface area contributed by atoms with Crippen LogP contribution in [0.15, 0.2) is 21.1 Å². The van der Waals surface area contributed by atoms with E-state index in [1.807, 2.05) is 0 Å². The molecule has 0 bridgehead atoms. The highest BCUT2D eigenvalue weighted by Gasteiger charge is 2.30. The zero-order valence-electron chi connectivity index (χ0n) is 11.0. The van der Waals surface area contributed by atoms with E-state index in [-0.39, 0.29) is 11.7 Å². The molecule has 2 heterocycles. The number of ether oxygens (including phenoxy) is 1. The molecule has 1 fully saturated rings. The van der Waals surface area contributed by atoms with Crippen molar-refractivity contribution in [1.29, 1.82) is 0 Å². The minimum absolute atomic E-state index is 0.186. The Labute approximate surface area is 118 Å². The van der Waals surface area contributed by atoms with Crippen LogP contribution in [0.3, 0.4) is 0 Å². The first-order valence-electron chi connectivity index (χ1n) is 6.33. The van der Waals surface area contributed by atoms with Gasteiger partial charge in [0, 0.05) is 5.92 Å². The predicted octanol–water partition coefficient (Wildman–Crippen LogP) is 2.37. The Bertz CT molecular complexity index is 687. The fraction of sp³-hybridized carbons (Fsp3) is 0.417. The van der Waals surface area contributed by atoms with E-state index in [0.717, 1.165) is 18.9 Å². The van der Waals surface area contributed by atoms with Gasteiger partial charge in [-0.2, -0.15) is 4.98 Å². The maximum absolute atomic E-state index is 11.8. The van der Waals surface area contributed by atoms with Crippen LogP contribution in [-0.2, 0) is 4.74 Å². The van der Waals surface area contributed by atoms with Crippen molar-refractivity contribution >= 4 is 11.9 Å². The lowest BCUT2D eigenvalue weighted by Gasteiger charge is -2.06. The quantitative estimate of drug-likeness (QED) is 0.467. The molecule has 1 atom stereocenters. The van der Waals surface area contributed by atoms with Crippen LogP contribution < -0.4 is 0 Å². The monoisotopic (exact) mass is 293 g/mol. The Hall–Kier alpha value is -2.71. The molecule has 0 aromatic carbocycles. The van der Waals surface area contributed by atoms with Crippen LogP contribution in [0.25, 0.3) is 0 Å². The number of esters is 1. The standard InChI is InChI=1S/C12H11N3O6/c1-6(11-13-10(14-21-11)7-2-3-7)19-12(16)8-4-5-9(20-8)15(17)18/h4-7H,2-3H2,1H3. The average molecular weight is 293 g/mol. The molecule has 0 saturated heterocycles. The first kappa shape index (κ1) is 13.3. The summed E-state index contributed by atoms with van der Waals surface area (Å²) in [7, 11) is 0. The molecular formula is C12H11N3O6. The van der Waals surface area contributed by atoms with Crippen molar-refractivity contribution in [2.24, 2.45) is 0 Å². The molecule has 21 heavy (non-hydrogen) atoms. The molecule has 0 N–H and O–H groups in total. The van der Waals surface area contributed by atoms with Crippen LogP contribution in [0.2, 0.25) is 0 Å². The Balaban J connectivity index is 1.66. The normalized spacial score (nSPS) is 15.7. The van der Waals surface area contributed by atoms with Crippen molar-refractivity contribution in [2.75, 3.05) is 0 Å². The van der Waals surface area contributed by atoms with Gasteiger partial charge in [0.1, 0.15) is 4.92 Å². The van der Waals surface area contributed by atoms with Crippen molar-refractivity contribution in [3.8, 4) is 0 Å². The lowest BCUT2D eigenvalue weighted by Crippen LogP contribution is -2.08. The number of nitrogens with zero attached hydrogens (tertiary/aromatic N) is 3. The minimum Gasteiger partial charge on any atom is -0.447 e. The Morgan fingerprint density at radius 2 is 2.29 bits per heavy atom. The van der Waals surface area contributed by atoms with Gasteiger partial charge in [0.2, 0.25) is 5.76 Å². The van der Waals surface area contributed by atoms with Gasteiger partial charge >= 0.3 is 11.9 Å². The third-order valence-electron chi connectivity index (χ3n) is 3.00. The van der Waals surface area contributed by atoms with Crippen LogP contribution in [0.4, 0.5) is 5.88 Å². The first-order valence-corrected chi connectivity index (χ1v) is 6.33. The second-order valence-corrected chi connectivity index (χ2v) is 4.71. The van der Waals surface area contributed by atoms with Gasteiger partial charge in [0.15, 0.2) is 11.9 Å². The number of furan rings is 1. The molecular weight excluding hydrogens is 282 g/mol. The minimum atomic E-state index is -0.832. The third-order valence-corrected chi connectivity index (χ3v) is 3.00. The SMILES string of the molecule is CC(OC(=O)c1ccc([N+](=O)[O-])o1)c1nc(C2CC2)no1. The first-order chi connectivity index (χ1) is 10.0. The van der Waals surface area contributed by atoms with Crippen LogP contribution >= 0.6 is 0 Å². The Morgan fingerprint density at radius 1 is 1.52 bits per heavy atom. The maximum Gasteiger partial charge on any atom is 0.433 e. The molecule has 2 aromatic rings. The van der Waals surface area contributed by atoms with Gasteiger partial charge in [0.25, 0.3) is 5.89 Å². The van der Waals surface area contributed by atoms with Gasteiger partial charge in [-0.15, -0.1) is 0 Å². The molecule has 1 unspecified atom stereocenters. The molecule has 0 aliphatic heterocycles. The Morgan fingerprint density at radius 3 is 2.90 bits per heavy atom. The highest BCUT2D eigenvalue weighted by atomic mass is 16.7. The van der Waals surface area contributed by atoms with Crippen LogP contribution in [0, 0.1) is 10.1 Å². The van der Waals surface area contributed by atoms with E-state index >= 15 is 0 Å². The topological polar surface area (TPSA) is 122 Å². The lowest BCUT2D eigenvalue weighted by atomic mass is 10.3. The van der Waals surface area contributed by atoms with Crippen LogP contribution in [0.1, 0.15) is 54.1 Å². The molecule has 1 aliphatic carbocycles. The summed E-state index contributed by atoms with van der Waals surface area (Å²) in [4.78, 5) is 25.7. The number of rotatable bonds is 5. The van der Waals surface area contributed by atoms with E-state index in [0.29, 0.717) is 11.7 Å². The summed E-state index contributed by atoms with van der Waals surface area (Å²) < 4.78 is 14.9. The molecule has 0 radical (unpaired) electrons. The van der Waals surface area contributed by atoms with Gasteiger partial charge in [-0.1, -0.05) is 5.16 Å². The van der Waals surface area contributed by atoms with Gasteiger partial charge in [-0.3, -0.25) is 10.1 Å². The summed E-state index contributed by atoms with van der Waals surface area (Å²) in [6, 6.07) is 2.26. The molecule has 9 heteroatoms. The highest BCUT2D eigenvalue weighted by molar-refractivity contribution is 5.86. The summed E-state index contributed by atoms with van der Waals surface area (Å²) in [5.74, 6) is -0.480. The maximum atomic E-state index is 11.8. The lowest BCUT2D eigenvalue weighted by molar-refractivity contribution is -0.402. The number of aromatic nitrogens is 2. The number of carbonyl (C=O) groups is 1. The second kappa shape index (κ2) is 5.00. The van der Waals surface area contributed by atoms with Gasteiger partial charge in [0.05, 0.1) is 6.07 Å². The van der Waals surface area contributed by atoms with Crippen molar-refractivity contribution < 1.29 is 23.4 Å². The van der Waals surface area contributed by atoms with E-state index in [1.165, 1.54) is 6.07 Å². The fourth-order valence-corrected chi connectivity index (χ4v) is 1.72. The van der Waals surface area contributed by atoms with Crippen molar-refractivity contribution in [2.45, 2.75) is 31.8 Å². The second-order valence-electron chi connectivity index (χ2n) is 4.71. The summed E-state index contributed by atoms with van der Waals surface area (Å²) in [5, 5.41) is 14.3. The number of hydrogen-bond acceptors (Lipinski definition) is 8. The molecule has 3 rings (SSSR count). The summed E-state index contributed by atoms with van der Waals surface area (Å²) in [6.07, 6.45) is 1.30. The molecule has 110 valence electrons. The molecule has 1 saturated carbocycles. The highest BCUT2D eigenvalue weighted by Crippen LogP contribution is 2.38. The van der Waals surface area contributed by atoms with Crippen molar-refractivity contribution in [1.82, 2.24) is 10.1 Å². The molecule has 9 nitrogen and oxygen atoms in total. The predicted molar refractivity (Wildman–Crippen MR) is 65.5 cm³/mol. The number of carbonyl (C=O) groups excluding carboxylic acids is 1. The van der Waals surface area contributed by atoms with Crippen LogP contribution in [-0.4, -0.2) is 21.0 Å². The average Bonchev–Trinajstić information content (AvgIpc) is 3.00. The number of hydrogen-bond donors (Lipinski definition) is 0. The largest absolute Gasteiger partial charge is 0.447 e. The zero-order valence-corrected chi connectivity index (χ0v) is 11.0. The summed E-state index contributed by atoms with van der Waals surface area (Å²) in [5.41, 5.74) is 0. The van der Waals surface area contributed by atoms with Crippen LogP contribution in [0.5, 0.6) is 0 Å². The number of nitro groups is 1. The van der Waals surface area contributed by atoms with Gasteiger partial charge in [-0.05, 0) is 25.8 Å². The smallest absolute Gasteiger partial charge is 0.433 e. The van der Waals surface area contributed by atoms with Gasteiger partial charge in [-0.25, -0.2) is 4.79 Å². The van der Waals surface area contributed by atoms with E-state index < -0.39 is 22.9 Å². The summed E-state index contributed by atoms with van der Waals surface area (Å²) in [6.45, 7) is 1.57. The van der Waals surface area contributed by atoms with E-state index in [1.54, 1.807) is 6.92 Å². The molecule has 0 spiro atoms. The molecule has 0 amide bonds. The van der Waals surface area contributed by atoms with E-state index in [4.69, 9.17) is 13.7 Å². The van der Waals surface area contributed by atoms with E-state index in [9.17, 15) is 14.9 Å². The van der Waals surface area contributed by atoms with E-state index in [2.05, 4.69) is 10.1 Å². The van der Waals surface area contributed by atoms with Crippen molar-refractivity contribution in [3.05, 3.63) is 39.7 Å². The summed E-state index contributed by atoms with van der Waals surface area (Å²) >= 11 is 0. The molecule has 2 aromatic heterocycles. The van der Waals surface area contributed by atoms with Gasteiger partial charge < -0.3 is 13.7 Å². The fourth-order valence-electron chi connectivity index (χ4n) is 1.72. The third kappa shape index (κ3) is 2.76. The zero-order chi connectivity index (χ0) is 15.0. The van der Waals surface area contributed by atoms with Crippen molar-refractivity contribution in [3.63, 3.8) is 0 Å².